The van der Waals surface area contributed by atoms with E-state index in [9.17, 15) is 4.79 Å². The Balaban J connectivity index is 1.85. The van der Waals surface area contributed by atoms with E-state index in [1.165, 1.54) is 5.57 Å². The van der Waals surface area contributed by atoms with E-state index in [1.54, 1.807) is 6.07 Å². The summed E-state index contributed by atoms with van der Waals surface area (Å²) in [5.74, 6) is -0.644. The van der Waals surface area contributed by atoms with Crippen LogP contribution in [0.2, 0.25) is 0 Å². The molecule has 2 rings (SSSR count). The second kappa shape index (κ2) is 7.10. The molecule has 1 aromatic rings. The average molecular weight is 302 g/mol. The number of benzene rings is 1. The third-order valence-corrected chi connectivity index (χ3v) is 4.12. The molecule has 3 nitrogen and oxygen atoms in total. The predicted molar refractivity (Wildman–Crippen MR) is 87.6 cm³/mol. The Morgan fingerprint density at radius 1 is 1.32 bits per heavy atom. The first-order chi connectivity index (χ1) is 10.4. The molecule has 22 heavy (non-hydrogen) atoms. The molecule has 0 spiro atoms. The van der Waals surface area contributed by atoms with Gasteiger partial charge >= 0.3 is 5.97 Å². The van der Waals surface area contributed by atoms with Gasteiger partial charge in [-0.25, -0.2) is 4.79 Å². The number of hydrogen-bond acceptors (Lipinski definition) is 3. The van der Waals surface area contributed by atoms with E-state index < -0.39 is 5.79 Å². The molecule has 3 heteroatoms. The lowest BCUT2D eigenvalue weighted by Gasteiger charge is -2.25. The Morgan fingerprint density at radius 3 is 2.77 bits per heavy atom. The average Bonchev–Trinajstić information content (AvgIpc) is 2.71. The number of allylic oxidation sites excluding steroid dienone is 2. The van der Waals surface area contributed by atoms with Crippen LogP contribution in [-0.2, 0) is 15.3 Å². The second-order valence-corrected chi connectivity index (χ2v) is 6.48. The molecule has 0 saturated carbocycles. The van der Waals surface area contributed by atoms with Crippen molar-refractivity contribution in [2.24, 2.45) is 5.92 Å². The summed E-state index contributed by atoms with van der Waals surface area (Å²) in [5, 5.41) is 0. The van der Waals surface area contributed by atoms with Crippen LogP contribution < -0.4 is 0 Å². The normalized spacial score (nSPS) is 21.2. The molecule has 0 aliphatic carbocycles. The van der Waals surface area contributed by atoms with Crippen molar-refractivity contribution in [2.75, 3.05) is 6.61 Å². The highest BCUT2D eigenvalue weighted by molar-refractivity contribution is 5.94. The molecular formula is C19H26O3. The maximum absolute atomic E-state index is 11.9. The number of carbonyl (C=O) groups is 1. The maximum atomic E-state index is 11.9. The van der Waals surface area contributed by atoms with Crippen molar-refractivity contribution in [2.45, 2.75) is 52.7 Å². The minimum absolute atomic E-state index is 0.297. The van der Waals surface area contributed by atoms with Gasteiger partial charge in [-0.15, -0.1) is 0 Å². The van der Waals surface area contributed by atoms with Crippen LogP contribution in [0.25, 0.3) is 0 Å². The molecule has 1 heterocycles. The highest BCUT2D eigenvalue weighted by Gasteiger charge is 2.42. The minimum atomic E-state index is -0.937. The van der Waals surface area contributed by atoms with Crippen LogP contribution in [0, 0.1) is 5.92 Å². The summed E-state index contributed by atoms with van der Waals surface area (Å²) in [6.07, 6.45) is 5.50. The van der Waals surface area contributed by atoms with Gasteiger partial charge in [0.1, 0.15) is 0 Å². The van der Waals surface area contributed by atoms with Crippen LogP contribution in [0.3, 0.4) is 0 Å². The largest absolute Gasteiger partial charge is 0.425 e. The molecule has 2 unspecified atom stereocenters. The van der Waals surface area contributed by atoms with Gasteiger partial charge in [-0.1, -0.05) is 36.8 Å². The maximum Gasteiger partial charge on any atom is 0.341 e. The van der Waals surface area contributed by atoms with Crippen LogP contribution in [0.4, 0.5) is 0 Å². The Labute approximate surface area is 133 Å². The van der Waals surface area contributed by atoms with Gasteiger partial charge in [0.05, 0.1) is 12.2 Å². The van der Waals surface area contributed by atoms with Crippen molar-refractivity contribution in [3.8, 4) is 0 Å². The Hall–Kier alpha value is -1.61. The van der Waals surface area contributed by atoms with E-state index in [2.05, 4.69) is 26.8 Å². The molecule has 0 saturated heterocycles. The molecule has 0 fully saturated rings. The lowest BCUT2D eigenvalue weighted by Crippen LogP contribution is -2.27. The lowest BCUT2D eigenvalue weighted by atomic mass is 10.0. The van der Waals surface area contributed by atoms with E-state index in [1.807, 2.05) is 25.1 Å². The highest BCUT2D eigenvalue weighted by Crippen LogP contribution is 2.37. The zero-order chi connectivity index (χ0) is 16.2. The molecule has 2 atom stereocenters. The molecule has 120 valence electrons. The molecule has 1 aromatic carbocycles. The fraction of sp³-hybridized carbons (Fsp3) is 0.526. The number of esters is 1. The molecule has 1 aliphatic rings. The fourth-order valence-electron chi connectivity index (χ4n) is 2.71. The van der Waals surface area contributed by atoms with Crippen LogP contribution in [0.15, 0.2) is 35.9 Å². The van der Waals surface area contributed by atoms with Gasteiger partial charge in [0, 0.05) is 12.5 Å². The zero-order valence-corrected chi connectivity index (χ0v) is 14.0. The first-order valence-electron chi connectivity index (χ1n) is 8.02. The topological polar surface area (TPSA) is 35.5 Å². The number of ether oxygens (including phenoxy) is 2. The highest BCUT2D eigenvalue weighted by atomic mass is 16.7. The van der Waals surface area contributed by atoms with Crippen molar-refractivity contribution in [1.82, 2.24) is 0 Å². The Kier molecular flexibility index (Phi) is 5.41. The van der Waals surface area contributed by atoms with Crippen molar-refractivity contribution < 1.29 is 14.3 Å². The molecule has 0 amide bonds. The summed E-state index contributed by atoms with van der Waals surface area (Å²) < 4.78 is 11.4. The molecule has 1 aliphatic heterocycles. The Bertz CT molecular complexity index is 558. The number of carbonyl (C=O) groups excluding carboxylic acids is 1. The third-order valence-electron chi connectivity index (χ3n) is 4.12. The molecule has 0 aromatic heterocycles. The van der Waals surface area contributed by atoms with Crippen LogP contribution >= 0.6 is 0 Å². The van der Waals surface area contributed by atoms with Gasteiger partial charge < -0.3 is 9.47 Å². The van der Waals surface area contributed by atoms with Gasteiger partial charge in [-0.05, 0) is 45.1 Å². The molecule has 0 radical (unpaired) electrons. The van der Waals surface area contributed by atoms with E-state index in [-0.39, 0.29) is 5.97 Å². The number of rotatable bonds is 7. The number of hydrogen-bond donors (Lipinski definition) is 0. The van der Waals surface area contributed by atoms with Gasteiger partial charge in [0.2, 0.25) is 5.79 Å². The summed E-state index contributed by atoms with van der Waals surface area (Å²) in [7, 11) is 0. The summed E-state index contributed by atoms with van der Waals surface area (Å²) in [6, 6.07) is 7.44. The quantitative estimate of drug-likeness (QED) is 0.535. The third kappa shape index (κ3) is 3.98. The van der Waals surface area contributed by atoms with Crippen LogP contribution in [-0.4, -0.2) is 12.6 Å². The fourth-order valence-corrected chi connectivity index (χ4v) is 2.71. The van der Waals surface area contributed by atoms with Crippen molar-refractivity contribution >= 4 is 5.97 Å². The second-order valence-electron chi connectivity index (χ2n) is 6.48. The monoisotopic (exact) mass is 302 g/mol. The van der Waals surface area contributed by atoms with Gasteiger partial charge in [-0.2, -0.15) is 0 Å². The summed E-state index contributed by atoms with van der Waals surface area (Å²) in [4.78, 5) is 11.9. The first-order valence-corrected chi connectivity index (χ1v) is 8.02. The zero-order valence-electron chi connectivity index (χ0n) is 14.0. The van der Waals surface area contributed by atoms with E-state index in [4.69, 9.17) is 9.47 Å². The summed E-state index contributed by atoms with van der Waals surface area (Å²) in [6.45, 7) is 8.90. The van der Waals surface area contributed by atoms with Gasteiger partial charge in [-0.3, -0.25) is 0 Å². The lowest BCUT2D eigenvalue weighted by molar-refractivity contribution is -0.192. The summed E-state index contributed by atoms with van der Waals surface area (Å²) >= 11 is 0. The molecular weight excluding hydrogens is 276 g/mol. The van der Waals surface area contributed by atoms with E-state index in [0.29, 0.717) is 18.1 Å². The minimum Gasteiger partial charge on any atom is -0.425 e. The van der Waals surface area contributed by atoms with E-state index in [0.717, 1.165) is 24.8 Å². The van der Waals surface area contributed by atoms with Crippen LogP contribution in [0.1, 0.15) is 62.9 Å². The van der Waals surface area contributed by atoms with Crippen molar-refractivity contribution in [3.05, 3.63) is 47.0 Å². The number of cyclic esters (lactones) is 1. The molecule has 0 N–H and O–H groups in total. The molecule has 0 bridgehead atoms. The van der Waals surface area contributed by atoms with Crippen LogP contribution in [0.5, 0.6) is 0 Å². The standard InChI is InChI=1S/C19H26O3/c1-14(2)8-7-9-15(3)12-13-21-19(4)17-11-6-5-10-16(17)18(20)22-19/h5-6,8,10-11,15H,7,9,12-13H2,1-4H3. The summed E-state index contributed by atoms with van der Waals surface area (Å²) in [5.41, 5.74) is 2.81. The van der Waals surface area contributed by atoms with Gasteiger partial charge in [0.25, 0.3) is 0 Å². The Morgan fingerprint density at radius 2 is 2.05 bits per heavy atom. The predicted octanol–water partition coefficient (Wildman–Crippen LogP) is 4.82. The smallest absolute Gasteiger partial charge is 0.341 e. The van der Waals surface area contributed by atoms with Crippen molar-refractivity contribution in [3.63, 3.8) is 0 Å². The first kappa shape index (κ1) is 16.8. The van der Waals surface area contributed by atoms with Crippen molar-refractivity contribution in [1.29, 1.82) is 0 Å². The number of fused-ring (bicyclic) bond motifs is 1. The van der Waals surface area contributed by atoms with Gasteiger partial charge in [0.15, 0.2) is 0 Å². The SMILES string of the molecule is CC(C)=CCCC(C)CCOC1(C)OC(=O)c2ccccc21. The van der Waals surface area contributed by atoms with E-state index >= 15 is 0 Å².